The van der Waals surface area contributed by atoms with Crippen LogP contribution < -0.4 is 5.32 Å². The van der Waals surface area contributed by atoms with Crippen molar-refractivity contribution in [3.63, 3.8) is 0 Å². The Bertz CT molecular complexity index is 1070. The molecule has 0 bridgehead atoms. The normalized spacial score (nSPS) is 15.0. The molecule has 1 aliphatic rings. The van der Waals surface area contributed by atoms with E-state index in [1.807, 2.05) is 47.9 Å². The molecule has 2 amide bonds. The highest BCUT2D eigenvalue weighted by atomic mass is 32.1. The fourth-order valence-electron chi connectivity index (χ4n) is 3.87. The van der Waals surface area contributed by atoms with E-state index < -0.39 is 0 Å². The van der Waals surface area contributed by atoms with Crippen molar-refractivity contribution in [2.75, 3.05) is 32.7 Å². The zero-order chi connectivity index (χ0) is 22.0. The van der Waals surface area contributed by atoms with Crippen LogP contribution in [0.3, 0.4) is 0 Å². The Balaban J connectivity index is 1.47. The van der Waals surface area contributed by atoms with E-state index in [2.05, 4.69) is 26.4 Å². The molecular weight excluding hydrogens is 412 g/mol. The van der Waals surface area contributed by atoms with Gasteiger partial charge in [-0.25, -0.2) is 9.67 Å². The minimum atomic E-state index is -0.00236. The van der Waals surface area contributed by atoms with Crippen LogP contribution in [0.2, 0.25) is 0 Å². The summed E-state index contributed by atoms with van der Waals surface area (Å²) in [6, 6.07) is 6.07. The maximum absolute atomic E-state index is 13.3. The minimum Gasteiger partial charge on any atom is -0.353 e. The van der Waals surface area contributed by atoms with Crippen LogP contribution in [0.4, 0.5) is 0 Å². The van der Waals surface area contributed by atoms with Gasteiger partial charge in [0.05, 0.1) is 30.2 Å². The van der Waals surface area contributed by atoms with Crippen molar-refractivity contribution in [3.8, 4) is 0 Å². The third kappa shape index (κ3) is 4.94. The number of carbonyl (C=O) groups is 2. The number of hydrogen-bond acceptors (Lipinski definition) is 6. The number of thiophene rings is 1. The molecule has 0 spiro atoms. The molecule has 0 saturated carbocycles. The maximum Gasteiger partial charge on any atom is 0.254 e. The van der Waals surface area contributed by atoms with Crippen molar-refractivity contribution in [2.45, 2.75) is 33.4 Å². The van der Waals surface area contributed by atoms with Gasteiger partial charge in [0.1, 0.15) is 0 Å². The molecule has 1 saturated heterocycles. The lowest BCUT2D eigenvalue weighted by Gasteiger charge is -2.34. The Morgan fingerprint density at radius 3 is 2.68 bits per heavy atom. The topological polar surface area (TPSA) is 83.4 Å². The fourth-order valence-corrected chi connectivity index (χ4v) is 4.55. The molecule has 3 aromatic heterocycles. The van der Waals surface area contributed by atoms with Crippen LogP contribution in [0.1, 0.15) is 34.8 Å². The summed E-state index contributed by atoms with van der Waals surface area (Å²) in [5.41, 5.74) is 2.18. The molecule has 1 N–H and O–H groups in total. The van der Waals surface area contributed by atoms with E-state index in [0.29, 0.717) is 44.8 Å². The molecule has 4 rings (SSSR count). The molecule has 3 aromatic rings. The lowest BCUT2D eigenvalue weighted by Crippen LogP contribution is -2.51. The van der Waals surface area contributed by atoms with Gasteiger partial charge < -0.3 is 10.2 Å². The number of rotatable bonds is 6. The number of fused-ring (bicyclic) bond motifs is 1. The van der Waals surface area contributed by atoms with E-state index in [1.165, 1.54) is 4.88 Å². The van der Waals surface area contributed by atoms with Gasteiger partial charge in [0.2, 0.25) is 5.91 Å². The standard InChI is InChI=1S/C22H28N6O2S/c1-15(2)24-20(29)14-26-6-8-27(9-7-26)22(30)18-11-16(3)25-21-19(18)12-23-28(21)13-17-5-4-10-31-17/h4-5,10-12,15H,6-9,13-14H2,1-3H3,(H,24,29). The van der Waals surface area contributed by atoms with Gasteiger partial charge in [0.25, 0.3) is 5.91 Å². The maximum atomic E-state index is 13.3. The third-order valence-corrected chi connectivity index (χ3v) is 6.19. The molecule has 1 aliphatic heterocycles. The summed E-state index contributed by atoms with van der Waals surface area (Å²) in [6.07, 6.45) is 1.75. The van der Waals surface area contributed by atoms with Gasteiger partial charge in [-0.3, -0.25) is 14.5 Å². The second-order valence-corrected chi connectivity index (χ2v) is 9.25. The number of nitrogens with zero attached hydrogens (tertiary/aromatic N) is 5. The number of aryl methyl sites for hydroxylation is 1. The summed E-state index contributed by atoms with van der Waals surface area (Å²) >= 11 is 1.68. The van der Waals surface area contributed by atoms with Gasteiger partial charge in [0, 0.05) is 42.8 Å². The molecule has 1 fully saturated rings. The van der Waals surface area contributed by atoms with Gasteiger partial charge in [-0.05, 0) is 38.3 Å². The molecule has 0 aromatic carbocycles. The first-order valence-electron chi connectivity index (χ1n) is 10.6. The molecule has 31 heavy (non-hydrogen) atoms. The van der Waals surface area contributed by atoms with Crippen LogP contribution in [0.25, 0.3) is 11.0 Å². The Kier molecular flexibility index (Phi) is 6.33. The Labute approximate surface area is 185 Å². The number of amides is 2. The number of pyridine rings is 1. The van der Waals surface area contributed by atoms with E-state index in [9.17, 15) is 9.59 Å². The summed E-state index contributed by atoms with van der Waals surface area (Å²) < 4.78 is 1.86. The van der Waals surface area contributed by atoms with Crippen molar-refractivity contribution >= 4 is 34.2 Å². The first-order valence-corrected chi connectivity index (χ1v) is 11.4. The van der Waals surface area contributed by atoms with E-state index in [4.69, 9.17) is 0 Å². The van der Waals surface area contributed by atoms with Crippen LogP contribution in [-0.2, 0) is 11.3 Å². The molecule has 0 unspecified atom stereocenters. The zero-order valence-electron chi connectivity index (χ0n) is 18.2. The van der Waals surface area contributed by atoms with Gasteiger partial charge in [0.15, 0.2) is 5.65 Å². The van der Waals surface area contributed by atoms with E-state index >= 15 is 0 Å². The second kappa shape index (κ2) is 9.15. The quantitative estimate of drug-likeness (QED) is 0.635. The lowest BCUT2D eigenvalue weighted by atomic mass is 10.1. The van der Waals surface area contributed by atoms with E-state index in [-0.39, 0.29) is 17.9 Å². The lowest BCUT2D eigenvalue weighted by molar-refractivity contribution is -0.123. The van der Waals surface area contributed by atoms with Crippen molar-refractivity contribution in [2.24, 2.45) is 0 Å². The van der Waals surface area contributed by atoms with E-state index in [1.54, 1.807) is 17.5 Å². The largest absolute Gasteiger partial charge is 0.353 e. The van der Waals surface area contributed by atoms with Gasteiger partial charge in [-0.2, -0.15) is 5.10 Å². The van der Waals surface area contributed by atoms with Crippen LogP contribution >= 0.6 is 11.3 Å². The average molecular weight is 441 g/mol. The van der Waals surface area contributed by atoms with Crippen LogP contribution in [0.15, 0.2) is 29.8 Å². The summed E-state index contributed by atoms with van der Waals surface area (Å²) in [4.78, 5) is 35.1. The molecule has 8 nitrogen and oxygen atoms in total. The predicted octanol–water partition coefficient (Wildman–Crippen LogP) is 2.13. The molecule has 164 valence electrons. The predicted molar refractivity (Wildman–Crippen MR) is 121 cm³/mol. The Morgan fingerprint density at radius 2 is 2.00 bits per heavy atom. The minimum absolute atomic E-state index is 0.00236. The van der Waals surface area contributed by atoms with Gasteiger partial charge >= 0.3 is 0 Å². The van der Waals surface area contributed by atoms with Crippen molar-refractivity contribution < 1.29 is 9.59 Å². The Morgan fingerprint density at radius 1 is 1.23 bits per heavy atom. The average Bonchev–Trinajstić information content (AvgIpc) is 3.37. The number of piperazine rings is 1. The first kappa shape index (κ1) is 21.5. The molecule has 4 heterocycles. The fraction of sp³-hybridized carbons (Fsp3) is 0.455. The highest BCUT2D eigenvalue weighted by Gasteiger charge is 2.26. The monoisotopic (exact) mass is 440 g/mol. The smallest absolute Gasteiger partial charge is 0.254 e. The highest BCUT2D eigenvalue weighted by molar-refractivity contribution is 7.09. The summed E-state index contributed by atoms with van der Waals surface area (Å²) in [5.74, 6) is 0.0249. The van der Waals surface area contributed by atoms with E-state index in [0.717, 1.165) is 16.7 Å². The highest BCUT2D eigenvalue weighted by Crippen LogP contribution is 2.22. The van der Waals surface area contributed by atoms with Crippen LogP contribution in [0.5, 0.6) is 0 Å². The van der Waals surface area contributed by atoms with Crippen molar-refractivity contribution in [3.05, 3.63) is 45.9 Å². The second-order valence-electron chi connectivity index (χ2n) is 8.22. The number of carbonyl (C=O) groups excluding carboxylic acids is 2. The molecule has 0 radical (unpaired) electrons. The number of nitrogens with one attached hydrogen (secondary N) is 1. The third-order valence-electron chi connectivity index (χ3n) is 5.33. The SMILES string of the molecule is Cc1cc(C(=O)N2CCN(CC(=O)NC(C)C)CC2)c2cnn(Cc3cccs3)c2n1. The first-order chi connectivity index (χ1) is 14.9. The van der Waals surface area contributed by atoms with Crippen molar-refractivity contribution in [1.82, 2.24) is 29.9 Å². The zero-order valence-corrected chi connectivity index (χ0v) is 19.0. The number of aromatic nitrogens is 3. The van der Waals surface area contributed by atoms with Crippen LogP contribution in [-0.4, -0.2) is 75.1 Å². The summed E-state index contributed by atoms with van der Waals surface area (Å²) in [7, 11) is 0. The van der Waals surface area contributed by atoms with Gasteiger partial charge in [-0.15, -0.1) is 11.3 Å². The molecule has 0 aliphatic carbocycles. The summed E-state index contributed by atoms with van der Waals surface area (Å²) in [6.45, 7) is 9.38. The molecule has 0 atom stereocenters. The molecule has 9 heteroatoms. The van der Waals surface area contributed by atoms with Gasteiger partial charge in [-0.1, -0.05) is 6.07 Å². The Hall–Kier alpha value is -2.78. The van der Waals surface area contributed by atoms with Crippen LogP contribution in [0, 0.1) is 6.92 Å². The molecular formula is C22H28N6O2S. The summed E-state index contributed by atoms with van der Waals surface area (Å²) in [5, 5.41) is 10.2. The number of hydrogen-bond donors (Lipinski definition) is 1. The van der Waals surface area contributed by atoms with Crippen molar-refractivity contribution in [1.29, 1.82) is 0 Å².